The lowest BCUT2D eigenvalue weighted by atomic mass is 10.0. The molecule has 3 rings (SSSR count). The summed E-state index contributed by atoms with van der Waals surface area (Å²) in [7, 11) is 3.23. The molecule has 0 saturated carbocycles. The van der Waals surface area contributed by atoms with Crippen LogP contribution in [0, 0.1) is 16.0 Å². The fourth-order valence-corrected chi connectivity index (χ4v) is 11.4. The molecule has 0 aliphatic carbocycles. The fourth-order valence-electron chi connectivity index (χ4n) is 11.4. The number of ether oxygens (including phenoxy) is 21. The van der Waals surface area contributed by atoms with E-state index in [2.05, 4.69) is 42.5 Å². The zero-order valence-electron chi connectivity index (χ0n) is 78.2. The van der Waals surface area contributed by atoms with Gasteiger partial charge in [0.2, 0.25) is 41.4 Å². The topological polar surface area (TPSA) is 541 Å². The highest BCUT2D eigenvalue weighted by Crippen LogP contribution is 2.22. The normalized spacial score (nSPS) is 12.8. The molecule has 45 nitrogen and oxygen atoms in total. The van der Waals surface area contributed by atoms with E-state index < -0.39 is 118 Å². The molecule has 754 valence electrons. The van der Waals surface area contributed by atoms with Gasteiger partial charge < -0.3 is 142 Å². The number of benzene rings is 2. The largest absolute Gasteiger partial charge is 0.514 e. The van der Waals surface area contributed by atoms with Crippen molar-refractivity contribution >= 4 is 82.6 Å². The number of nitro groups is 1. The van der Waals surface area contributed by atoms with Gasteiger partial charge in [-0.15, -0.1) is 0 Å². The molecule has 2 aromatic rings. The first kappa shape index (κ1) is 118. The number of hydrogen-bond acceptors (Lipinski definition) is 35. The van der Waals surface area contributed by atoms with Crippen LogP contribution in [0.1, 0.15) is 115 Å². The fraction of sp³-hybridized carbons (Fsp3) is 0.705. The highest BCUT2D eigenvalue weighted by molar-refractivity contribution is 6.13. The van der Waals surface area contributed by atoms with Gasteiger partial charge >= 0.3 is 12.1 Å². The number of anilines is 1. The summed E-state index contributed by atoms with van der Waals surface area (Å²) in [5.41, 5.74) is -1.01. The van der Waals surface area contributed by atoms with Gasteiger partial charge in [0.05, 0.1) is 223 Å². The molecule has 0 spiro atoms. The highest BCUT2D eigenvalue weighted by Gasteiger charge is 2.33. The molecule has 1 heterocycles. The summed E-state index contributed by atoms with van der Waals surface area (Å²) in [4.78, 5) is 171. The number of imide groups is 1. The maximum absolute atomic E-state index is 14.3. The molecule has 0 bridgehead atoms. The number of methoxy groups -OCH3 is 2. The van der Waals surface area contributed by atoms with Crippen molar-refractivity contribution in [3.63, 3.8) is 0 Å². The van der Waals surface area contributed by atoms with Crippen LogP contribution in [0.25, 0.3) is 0 Å². The van der Waals surface area contributed by atoms with Crippen molar-refractivity contribution in [1.29, 1.82) is 0 Å². The Bertz CT molecular complexity index is 3640. The highest BCUT2D eigenvalue weighted by atomic mass is 16.7. The third kappa shape index (κ3) is 61.2. The van der Waals surface area contributed by atoms with Crippen LogP contribution in [0.3, 0.4) is 0 Å². The molecule has 0 radical (unpaired) electrons. The van der Waals surface area contributed by atoms with Gasteiger partial charge in [-0.2, -0.15) is 0 Å². The summed E-state index contributed by atoms with van der Waals surface area (Å²) in [6.45, 7) is 21.5. The zero-order valence-corrected chi connectivity index (χ0v) is 78.2. The van der Waals surface area contributed by atoms with Crippen LogP contribution in [0.4, 0.5) is 16.2 Å². The molecule has 133 heavy (non-hydrogen) atoms. The maximum Gasteiger partial charge on any atom is 0.514 e. The quantitative estimate of drug-likeness (QED) is 0.0117. The van der Waals surface area contributed by atoms with Crippen LogP contribution in [0.5, 0.6) is 5.75 Å². The van der Waals surface area contributed by atoms with Gasteiger partial charge in [-0.3, -0.25) is 67.8 Å². The molecule has 1 aliphatic heterocycles. The molecule has 8 N–H and O–H groups in total. The zero-order chi connectivity index (χ0) is 97.2. The number of non-ortho nitro benzene ring substituents is 1. The summed E-state index contributed by atoms with van der Waals surface area (Å²) in [6, 6.07) is 3.57. The molecule has 0 saturated heterocycles. The first-order chi connectivity index (χ1) is 64.2. The van der Waals surface area contributed by atoms with Crippen molar-refractivity contribution in [2.45, 2.75) is 136 Å². The van der Waals surface area contributed by atoms with Gasteiger partial charge in [-0.1, -0.05) is 19.9 Å². The molecule has 2 aromatic carbocycles. The Balaban J connectivity index is 1.50. The van der Waals surface area contributed by atoms with Crippen LogP contribution >= 0.6 is 0 Å². The standard InChI is InChI=1S/C88H142N10O35/c1-66(2)81(86(109)92-67(3)82(105)93-69-17-16-68(64-131-87(110)132-71-20-18-70(19-21-71)98(111)112)72(63-69)83(106)91-28-30-115-35-36-118-41-42-121-47-48-124-51-49-122-45-43-119-39-37-116-33-31-113-7)96-85(108)74(22-25-80(104)133-88(4,5)6)95-75(99)14-11-27-90-84(107)73(94-76(100)15-12-29-97-78(102)23-24-79(97)103)13-9-10-26-89-77(101)65-130-62-61-129-60-59-128-58-57-127-56-55-126-54-53-125-52-50-123-46-44-120-40-38-117-34-32-114-8/h16-21,23-24,63,66-67,73-74,81H,9-15,22,25-62,64-65H2,1-8H3,(H,89,101)(H,90,107)(H,91,106)(H,92,109)(H,93,105)(H,94,100)(H,95,99)(H,96,108)/t67-,73-,74-,81-/m0/s1. The average Bonchev–Trinajstić information content (AvgIpc) is 1.50. The van der Waals surface area contributed by atoms with Crippen LogP contribution in [-0.4, -0.2) is 376 Å². The number of rotatable bonds is 84. The minimum absolute atomic E-state index is 0.00139. The number of nitrogens with one attached hydrogen (secondary N) is 8. The molecule has 0 aromatic heterocycles. The van der Waals surface area contributed by atoms with Crippen LogP contribution in [0.15, 0.2) is 54.6 Å². The number of unbranched alkanes of at least 4 members (excludes halogenated alkanes) is 1. The van der Waals surface area contributed by atoms with Crippen LogP contribution in [0.2, 0.25) is 0 Å². The Morgan fingerprint density at radius 2 is 0.857 bits per heavy atom. The summed E-state index contributed by atoms with van der Waals surface area (Å²) in [5.74, 6) is -7.79. The molecule has 4 atom stereocenters. The molecule has 45 heteroatoms. The van der Waals surface area contributed by atoms with Crippen LogP contribution < -0.4 is 47.3 Å². The second-order valence-corrected chi connectivity index (χ2v) is 30.6. The van der Waals surface area contributed by atoms with Crippen molar-refractivity contribution in [3.05, 3.63) is 75.9 Å². The van der Waals surface area contributed by atoms with Gasteiger partial charge in [0.15, 0.2) is 0 Å². The molecule has 0 fully saturated rings. The first-order valence-corrected chi connectivity index (χ1v) is 44.7. The van der Waals surface area contributed by atoms with E-state index in [-0.39, 0.29) is 146 Å². The molecular weight excluding hydrogens is 1760 g/mol. The number of carbonyl (C=O) groups is 12. The number of nitrogens with zero attached hydrogens (tertiary/aromatic N) is 2. The lowest BCUT2D eigenvalue weighted by Gasteiger charge is -2.27. The number of nitro benzene ring substituents is 1. The minimum atomic E-state index is -1.43. The van der Waals surface area contributed by atoms with Gasteiger partial charge in [-0.25, -0.2) is 4.79 Å². The summed E-state index contributed by atoms with van der Waals surface area (Å²) in [5, 5.41) is 32.6. The Morgan fingerprint density at radius 3 is 1.30 bits per heavy atom. The number of hydrogen-bond donors (Lipinski definition) is 8. The predicted octanol–water partition coefficient (Wildman–Crippen LogP) is 2.16. The summed E-state index contributed by atoms with van der Waals surface area (Å²) < 4.78 is 114. The smallest absolute Gasteiger partial charge is 0.460 e. The molecular formula is C88H142N10O35. The van der Waals surface area contributed by atoms with Gasteiger partial charge in [0.25, 0.3) is 23.4 Å². The van der Waals surface area contributed by atoms with E-state index >= 15 is 0 Å². The van der Waals surface area contributed by atoms with E-state index in [9.17, 15) is 67.6 Å². The Kier molecular flexibility index (Phi) is 67.0. The monoisotopic (exact) mass is 1900 g/mol. The van der Waals surface area contributed by atoms with Gasteiger partial charge in [0, 0.05) is 101 Å². The van der Waals surface area contributed by atoms with E-state index in [0.29, 0.717) is 191 Å². The first-order valence-electron chi connectivity index (χ1n) is 44.7. The van der Waals surface area contributed by atoms with E-state index in [1.807, 2.05) is 0 Å². The Hall–Kier alpha value is -9.50. The van der Waals surface area contributed by atoms with E-state index in [1.54, 1.807) is 48.8 Å². The van der Waals surface area contributed by atoms with Crippen molar-refractivity contribution in [2.75, 3.05) is 270 Å². The predicted molar refractivity (Wildman–Crippen MR) is 476 cm³/mol. The van der Waals surface area contributed by atoms with Crippen molar-refractivity contribution in [3.8, 4) is 5.75 Å². The SMILES string of the molecule is COCCOCCOCCOCCOCCOCCOCCOCCNC(=O)c1cc(NC(=O)[C@H](C)NC(=O)[C@@H](NC(=O)[C@H](CCC(=O)OC(C)(C)C)NC(=O)CCCNC(=O)[C@H](CCCCNC(=O)COCCOCCOCCOCCOCCOCCOCCOCCOCCOC)NC(=O)CCCN2C(=O)C=CC2=O)C(C)C)ccc1COC(=O)Oc1ccc([N+](=O)[O-])cc1. The Labute approximate surface area is 777 Å². The number of esters is 1. The summed E-state index contributed by atoms with van der Waals surface area (Å²) in [6.07, 6.45) is 0.970. The maximum atomic E-state index is 14.3. The third-order valence-electron chi connectivity index (χ3n) is 18.2. The third-order valence-corrected chi connectivity index (χ3v) is 18.2. The lowest BCUT2D eigenvalue weighted by Crippen LogP contribution is -2.57. The van der Waals surface area contributed by atoms with Crippen molar-refractivity contribution < 1.29 is 162 Å². The molecule has 10 amide bonds. The average molecular weight is 1900 g/mol. The number of amides is 10. The number of carbonyl (C=O) groups excluding carboxylic acids is 12. The van der Waals surface area contributed by atoms with E-state index in [1.165, 1.54) is 37.3 Å². The molecule has 0 unspecified atom stereocenters. The van der Waals surface area contributed by atoms with Gasteiger partial charge in [-0.05, 0) is 96.4 Å². The second-order valence-electron chi connectivity index (χ2n) is 30.6. The van der Waals surface area contributed by atoms with Crippen molar-refractivity contribution in [2.24, 2.45) is 5.92 Å². The lowest BCUT2D eigenvalue weighted by molar-refractivity contribution is -0.384. The van der Waals surface area contributed by atoms with Crippen LogP contribution in [-0.2, 0) is 149 Å². The second kappa shape index (κ2) is 75.8. The van der Waals surface area contributed by atoms with Gasteiger partial charge in [0.1, 0.15) is 48.7 Å². The minimum Gasteiger partial charge on any atom is -0.460 e. The summed E-state index contributed by atoms with van der Waals surface area (Å²) >= 11 is 0. The molecule has 1 aliphatic rings. The Morgan fingerprint density at radius 1 is 0.429 bits per heavy atom. The van der Waals surface area contributed by atoms with E-state index in [4.69, 9.17) is 99.5 Å². The van der Waals surface area contributed by atoms with Crippen molar-refractivity contribution in [1.82, 2.24) is 42.1 Å². The van der Waals surface area contributed by atoms with E-state index in [0.717, 1.165) is 29.2 Å².